The zero-order valence-corrected chi connectivity index (χ0v) is 13.3. The Morgan fingerprint density at radius 3 is 2.17 bits per heavy atom. The van der Waals surface area contributed by atoms with E-state index in [2.05, 4.69) is 9.97 Å². The average Bonchev–Trinajstić information content (AvgIpc) is 2.56. The number of benzene rings is 2. The number of rotatable bonds is 4. The molecule has 23 heavy (non-hydrogen) atoms. The number of ether oxygens (including phenoxy) is 1. The molecular formula is C17H10Cl2N2O2. The van der Waals surface area contributed by atoms with Crippen LogP contribution in [0.5, 0.6) is 11.5 Å². The van der Waals surface area contributed by atoms with Crippen LogP contribution >= 0.6 is 23.2 Å². The lowest BCUT2D eigenvalue weighted by Crippen LogP contribution is -2.07. The molecule has 3 rings (SSSR count). The lowest BCUT2D eigenvalue weighted by atomic mass is 10.0. The molecule has 0 aliphatic carbocycles. The van der Waals surface area contributed by atoms with Crippen molar-refractivity contribution >= 4 is 29.0 Å². The molecule has 0 spiro atoms. The Morgan fingerprint density at radius 1 is 0.870 bits per heavy atom. The molecule has 0 radical (unpaired) electrons. The van der Waals surface area contributed by atoms with E-state index in [0.29, 0.717) is 17.1 Å². The second kappa shape index (κ2) is 6.77. The molecule has 0 N–H and O–H groups in total. The Kier molecular flexibility index (Phi) is 4.55. The summed E-state index contributed by atoms with van der Waals surface area (Å²) in [5, 5.41) is 0.00836. The first kappa shape index (κ1) is 15.5. The Labute approximate surface area is 142 Å². The monoisotopic (exact) mass is 344 g/mol. The third-order valence-electron chi connectivity index (χ3n) is 3.08. The van der Waals surface area contributed by atoms with Gasteiger partial charge in [-0.3, -0.25) is 4.79 Å². The molecule has 0 fully saturated rings. The van der Waals surface area contributed by atoms with Gasteiger partial charge in [0.05, 0.1) is 11.1 Å². The predicted molar refractivity (Wildman–Crippen MR) is 88.4 cm³/mol. The summed E-state index contributed by atoms with van der Waals surface area (Å²) in [6, 6.07) is 16.0. The van der Waals surface area contributed by atoms with Crippen molar-refractivity contribution in [3.8, 4) is 11.5 Å². The van der Waals surface area contributed by atoms with E-state index in [9.17, 15) is 4.79 Å². The van der Waals surface area contributed by atoms with Crippen molar-refractivity contribution in [2.24, 2.45) is 0 Å². The fourth-order valence-electron chi connectivity index (χ4n) is 2.03. The molecule has 1 aromatic heterocycles. The molecule has 4 nitrogen and oxygen atoms in total. The van der Waals surface area contributed by atoms with Crippen molar-refractivity contribution in [2.45, 2.75) is 0 Å². The minimum Gasteiger partial charge on any atom is -0.457 e. The normalized spacial score (nSPS) is 10.3. The summed E-state index contributed by atoms with van der Waals surface area (Å²) >= 11 is 12.0. The molecule has 0 atom stereocenters. The van der Waals surface area contributed by atoms with Gasteiger partial charge in [0.25, 0.3) is 0 Å². The quantitative estimate of drug-likeness (QED) is 0.503. The van der Waals surface area contributed by atoms with E-state index in [1.54, 1.807) is 36.4 Å². The van der Waals surface area contributed by atoms with Crippen LogP contribution in [0.3, 0.4) is 0 Å². The lowest BCUT2D eigenvalue weighted by Gasteiger charge is -2.11. The topological polar surface area (TPSA) is 52.1 Å². The number of aromatic nitrogens is 2. The second-order valence-electron chi connectivity index (χ2n) is 4.57. The molecule has 6 heteroatoms. The van der Waals surface area contributed by atoms with Crippen LogP contribution in [0.25, 0.3) is 0 Å². The van der Waals surface area contributed by atoms with Gasteiger partial charge in [-0.2, -0.15) is 0 Å². The molecule has 0 aliphatic rings. The summed E-state index contributed by atoms with van der Waals surface area (Å²) < 4.78 is 5.78. The lowest BCUT2D eigenvalue weighted by molar-refractivity contribution is 0.103. The number of para-hydroxylation sites is 2. The number of halogens is 2. The zero-order valence-electron chi connectivity index (χ0n) is 11.7. The third kappa shape index (κ3) is 3.33. The van der Waals surface area contributed by atoms with Gasteiger partial charge < -0.3 is 4.74 Å². The highest BCUT2D eigenvalue weighted by Crippen LogP contribution is 2.30. The van der Waals surface area contributed by atoms with E-state index >= 15 is 0 Å². The molecule has 1 heterocycles. The van der Waals surface area contributed by atoms with Crippen LogP contribution in [-0.2, 0) is 0 Å². The van der Waals surface area contributed by atoms with E-state index in [4.69, 9.17) is 27.9 Å². The molecule has 3 aromatic rings. The molecule has 0 unspecified atom stereocenters. The zero-order chi connectivity index (χ0) is 16.2. The molecule has 0 amide bonds. The highest BCUT2D eigenvalue weighted by atomic mass is 35.5. The fraction of sp³-hybridized carbons (Fsp3) is 0. The molecule has 114 valence electrons. The number of hydrogen-bond acceptors (Lipinski definition) is 4. The van der Waals surface area contributed by atoms with Crippen LogP contribution in [0.2, 0.25) is 10.3 Å². The van der Waals surface area contributed by atoms with Crippen molar-refractivity contribution in [3.63, 3.8) is 0 Å². The minimum absolute atomic E-state index is 0.00418. The smallest absolute Gasteiger partial charge is 0.202 e. The maximum Gasteiger partial charge on any atom is 0.202 e. The highest BCUT2D eigenvalue weighted by Gasteiger charge is 2.22. The standard InChI is InChI=1S/C17H10Cl2N2O2/c18-16-14(17(19)21-10-20-16)15(22)12-8-4-5-9-13(12)23-11-6-2-1-3-7-11/h1-10H. The van der Waals surface area contributed by atoms with Crippen molar-refractivity contribution < 1.29 is 9.53 Å². The maximum absolute atomic E-state index is 12.8. The number of nitrogens with zero attached hydrogens (tertiary/aromatic N) is 2. The number of hydrogen-bond donors (Lipinski definition) is 0. The molecule has 0 aliphatic heterocycles. The van der Waals surface area contributed by atoms with Crippen LogP contribution in [0, 0.1) is 0 Å². The van der Waals surface area contributed by atoms with Crippen LogP contribution in [0.4, 0.5) is 0 Å². The summed E-state index contributed by atoms with van der Waals surface area (Å²) in [6.45, 7) is 0. The van der Waals surface area contributed by atoms with E-state index in [-0.39, 0.29) is 15.9 Å². The highest BCUT2D eigenvalue weighted by molar-refractivity contribution is 6.39. The van der Waals surface area contributed by atoms with E-state index in [1.165, 1.54) is 6.33 Å². The van der Waals surface area contributed by atoms with Crippen molar-refractivity contribution in [2.75, 3.05) is 0 Å². The van der Waals surface area contributed by atoms with Crippen LogP contribution in [0.1, 0.15) is 15.9 Å². The van der Waals surface area contributed by atoms with Crippen molar-refractivity contribution in [1.82, 2.24) is 9.97 Å². The number of carbonyl (C=O) groups is 1. The summed E-state index contributed by atoms with van der Waals surface area (Å²) in [7, 11) is 0. The summed E-state index contributed by atoms with van der Waals surface area (Å²) in [5.41, 5.74) is 0.384. The van der Waals surface area contributed by atoms with Gasteiger partial charge >= 0.3 is 0 Å². The Balaban J connectivity index is 2.02. The van der Waals surface area contributed by atoms with Gasteiger partial charge in [0.15, 0.2) is 0 Å². The molecule has 0 saturated heterocycles. The van der Waals surface area contributed by atoms with Gasteiger partial charge in [-0.1, -0.05) is 53.5 Å². The van der Waals surface area contributed by atoms with Crippen LogP contribution < -0.4 is 4.74 Å². The first-order valence-corrected chi connectivity index (χ1v) is 7.45. The van der Waals surface area contributed by atoms with Gasteiger partial charge in [0.1, 0.15) is 28.1 Å². The maximum atomic E-state index is 12.8. The van der Waals surface area contributed by atoms with Gasteiger partial charge in [-0.05, 0) is 24.3 Å². The van der Waals surface area contributed by atoms with E-state index < -0.39 is 5.78 Å². The predicted octanol–water partition coefficient (Wildman–Crippen LogP) is 4.81. The largest absolute Gasteiger partial charge is 0.457 e. The van der Waals surface area contributed by atoms with E-state index in [0.717, 1.165) is 0 Å². The van der Waals surface area contributed by atoms with Gasteiger partial charge in [0, 0.05) is 0 Å². The molecule has 0 bridgehead atoms. The van der Waals surface area contributed by atoms with Crippen LogP contribution in [0.15, 0.2) is 60.9 Å². The molecular weight excluding hydrogens is 335 g/mol. The van der Waals surface area contributed by atoms with Gasteiger partial charge in [-0.15, -0.1) is 0 Å². The third-order valence-corrected chi connectivity index (χ3v) is 3.66. The average molecular weight is 345 g/mol. The first-order valence-electron chi connectivity index (χ1n) is 6.69. The van der Waals surface area contributed by atoms with Crippen LogP contribution in [-0.4, -0.2) is 15.8 Å². The summed E-state index contributed by atoms with van der Waals surface area (Å²) in [6.07, 6.45) is 1.20. The van der Waals surface area contributed by atoms with Gasteiger partial charge in [-0.25, -0.2) is 9.97 Å². The minimum atomic E-state index is -0.396. The fourth-order valence-corrected chi connectivity index (χ4v) is 2.51. The van der Waals surface area contributed by atoms with Crippen molar-refractivity contribution in [1.29, 1.82) is 0 Å². The summed E-state index contributed by atoms with van der Waals surface area (Å²) in [5.74, 6) is 0.626. The number of ketones is 1. The SMILES string of the molecule is O=C(c1ccccc1Oc1ccccc1)c1c(Cl)ncnc1Cl. The Hall–Kier alpha value is -2.43. The molecule has 0 saturated carbocycles. The Morgan fingerprint density at radius 2 is 1.48 bits per heavy atom. The Bertz CT molecular complexity index is 834. The number of carbonyl (C=O) groups excluding carboxylic acids is 1. The van der Waals surface area contributed by atoms with E-state index in [1.807, 2.05) is 18.2 Å². The molecule has 2 aromatic carbocycles. The van der Waals surface area contributed by atoms with Crippen molar-refractivity contribution in [3.05, 3.63) is 82.4 Å². The second-order valence-corrected chi connectivity index (χ2v) is 5.29. The first-order chi connectivity index (χ1) is 11.2. The summed E-state index contributed by atoms with van der Waals surface area (Å²) in [4.78, 5) is 20.4. The van der Waals surface area contributed by atoms with Gasteiger partial charge in [0.2, 0.25) is 5.78 Å².